The van der Waals surface area contributed by atoms with Gasteiger partial charge in [0.25, 0.3) is 0 Å². The van der Waals surface area contributed by atoms with Crippen LogP contribution in [0.3, 0.4) is 0 Å². The van der Waals surface area contributed by atoms with Gasteiger partial charge in [-0.1, -0.05) is 0 Å². The highest BCUT2D eigenvalue weighted by atomic mass is 19.3. The van der Waals surface area contributed by atoms with Crippen molar-refractivity contribution < 1.29 is 13.6 Å². The average Bonchev–Trinajstić information content (AvgIpc) is 1.59. The monoisotopic (exact) mass is 148 g/mol. The summed E-state index contributed by atoms with van der Waals surface area (Å²) in [5, 5.41) is 0. The van der Waals surface area contributed by atoms with E-state index >= 15 is 0 Å². The first-order valence-corrected chi connectivity index (χ1v) is 2.89. The molecule has 0 unspecified atom stereocenters. The van der Waals surface area contributed by atoms with Gasteiger partial charge in [-0.15, -0.1) is 0 Å². The van der Waals surface area contributed by atoms with E-state index in [1.165, 1.54) is 0 Å². The maximum absolute atomic E-state index is 12.1. The highest BCUT2D eigenvalue weighted by Gasteiger charge is 2.57. The molecule has 0 aromatic carbocycles. The molecule has 2 nitrogen and oxygen atoms in total. The molecule has 1 aliphatic rings. The quantitative estimate of drug-likeness (QED) is 0.585. The van der Waals surface area contributed by atoms with Gasteiger partial charge in [-0.05, 0) is 6.92 Å². The van der Waals surface area contributed by atoms with Crippen molar-refractivity contribution in [3.63, 3.8) is 0 Å². The standard InChI is InChI=1S/C6H8F2NO/c1-5(4(9)10)2-6(7,8)3-5/h1-3H2,(H2,9,10). The summed E-state index contributed by atoms with van der Waals surface area (Å²) < 4.78 is 24.3. The molecule has 4 heteroatoms. The Kier molecular flexibility index (Phi) is 1.25. The molecule has 2 N–H and O–H groups in total. The second kappa shape index (κ2) is 1.68. The number of carbonyl (C=O) groups is 1. The zero-order chi connectivity index (χ0) is 7.99. The predicted molar refractivity (Wildman–Crippen MR) is 31.2 cm³/mol. The van der Waals surface area contributed by atoms with Crippen molar-refractivity contribution in [3.05, 3.63) is 6.92 Å². The molecule has 0 aliphatic heterocycles. The predicted octanol–water partition coefficient (Wildman–Crippen LogP) is 0.721. The fourth-order valence-electron chi connectivity index (χ4n) is 1.11. The first-order valence-electron chi connectivity index (χ1n) is 2.89. The zero-order valence-electron chi connectivity index (χ0n) is 5.36. The molecule has 1 rings (SSSR count). The molecule has 57 valence electrons. The molecular weight excluding hydrogens is 140 g/mol. The molecular formula is C6H8F2NO. The lowest BCUT2D eigenvalue weighted by molar-refractivity contribution is -0.165. The van der Waals surface area contributed by atoms with E-state index < -0.39 is 30.1 Å². The number of hydrogen-bond acceptors (Lipinski definition) is 1. The molecule has 0 aromatic heterocycles. The van der Waals surface area contributed by atoms with Crippen LogP contribution in [-0.2, 0) is 4.79 Å². The summed E-state index contributed by atoms with van der Waals surface area (Å²) in [6.07, 6.45) is -1.01. The minimum absolute atomic E-state index is 0.505. The van der Waals surface area contributed by atoms with Crippen molar-refractivity contribution in [1.82, 2.24) is 0 Å². The summed E-state index contributed by atoms with van der Waals surface area (Å²) in [6, 6.07) is 0. The second-order valence-corrected chi connectivity index (χ2v) is 2.85. The Morgan fingerprint density at radius 1 is 1.50 bits per heavy atom. The number of halogens is 2. The van der Waals surface area contributed by atoms with Crippen molar-refractivity contribution in [2.75, 3.05) is 0 Å². The number of amides is 1. The van der Waals surface area contributed by atoms with Crippen LogP contribution in [0.25, 0.3) is 0 Å². The molecule has 1 saturated carbocycles. The van der Waals surface area contributed by atoms with Gasteiger partial charge in [0.1, 0.15) is 0 Å². The summed E-state index contributed by atoms with van der Waals surface area (Å²) in [7, 11) is 0. The van der Waals surface area contributed by atoms with Gasteiger partial charge >= 0.3 is 0 Å². The third-order valence-electron chi connectivity index (χ3n) is 1.72. The normalized spacial score (nSPS) is 27.1. The van der Waals surface area contributed by atoms with E-state index in [-0.39, 0.29) is 0 Å². The molecule has 1 amide bonds. The van der Waals surface area contributed by atoms with Gasteiger partial charge in [-0.25, -0.2) is 8.78 Å². The molecule has 0 heterocycles. The van der Waals surface area contributed by atoms with Crippen LogP contribution < -0.4 is 5.73 Å². The highest BCUT2D eigenvalue weighted by molar-refractivity contribution is 5.83. The van der Waals surface area contributed by atoms with Crippen LogP contribution in [0, 0.1) is 12.3 Å². The van der Waals surface area contributed by atoms with Gasteiger partial charge in [0.05, 0.1) is 5.41 Å². The van der Waals surface area contributed by atoms with Gasteiger partial charge in [-0.2, -0.15) is 0 Å². The van der Waals surface area contributed by atoms with E-state index in [1.807, 2.05) is 0 Å². The van der Waals surface area contributed by atoms with Crippen molar-refractivity contribution >= 4 is 5.91 Å². The summed E-state index contributed by atoms with van der Waals surface area (Å²) in [4.78, 5) is 10.4. The molecule has 0 spiro atoms. The summed E-state index contributed by atoms with van der Waals surface area (Å²) >= 11 is 0. The lowest BCUT2D eigenvalue weighted by Crippen LogP contribution is -2.51. The van der Waals surface area contributed by atoms with Crippen LogP contribution in [-0.4, -0.2) is 11.8 Å². The molecule has 1 radical (unpaired) electrons. The number of hydrogen-bond donors (Lipinski definition) is 1. The first kappa shape index (κ1) is 7.44. The second-order valence-electron chi connectivity index (χ2n) is 2.85. The Bertz CT molecular complexity index is 171. The number of rotatable bonds is 1. The summed E-state index contributed by atoms with van der Waals surface area (Å²) in [5.41, 5.74) is 3.61. The third kappa shape index (κ3) is 0.978. The lowest BCUT2D eigenvalue weighted by Gasteiger charge is -2.41. The van der Waals surface area contributed by atoms with Crippen LogP contribution >= 0.6 is 0 Å². The van der Waals surface area contributed by atoms with Crippen molar-refractivity contribution in [2.24, 2.45) is 11.1 Å². The molecule has 0 bridgehead atoms. The van der Waals surface area contributed by atoms with Crippen LogP contribution in [0.4, 0.5) is 8.78 Å². The maximum atomic E-state index is 12.1. The molecule has 0 atom stereocenters. The SMILES string of the molecule is [CH2]C1(C(N)=O)CC(F)(F)C1. The minimum Gasteiger partial charge on any atom is -0.369 e. The molecule has 0 aromatic rings. The maximum Gasteiger partial charge on any atom is 0.250 e. The van der Waals surface area contributed by atoms with Crippen LogP contribution in [0.1, 0.15) is 12.8 Å². The van der Waals surface area contributed by atoms with E-state index in [9.17, 15) is 13.6 Å². The van der Waals surface area contributed by atoms with E-state index in [0.717, 1.165) is 0 Å². The van der Waals surface area contributed by atoms with Crippen LogP contribution in [0.15, 0.2) is 0 Å². The van der Waals surface area contributed by atoms with E-state index in [4.69, 9.17) is 5.73 Å². The van der Waals surface area contributed by atoms with Gasteiger partial charge in [0, 0.05) is 12.8 Å². The molecule has 1 aliphatic carbocycles. The average molecular weight is 148 g/mol. The minimum atomic E-state index is -2.73. The van der Waals surface area contributed by atoms with Crippen molar-refractivity contribution in [1.29, 1.82) is 0 Å². The third-order valence-corrected chi connectivity index (χ3v) is 1.72. The highest BCUT2D eigenvalue weighted by Crippen LogP contribution is 2.50. The van der Waals surface area contributed by atoms with Gasteiger partial charge < -0.3 is 5.73 Å². The molecule has 10 heavy (non-hydrogen) atoms. The zero-order valence-corrected chi connectivity index (χ0v) is 5.36. The topological polar surface area (TPSA) is 43.1 Å². The van der Waals surface area contributed by atoms with Gasteiger partial charge in [0.15, 0.2) is 0 Å². The van der Waals surface area contributed by atoms with Gasteiger partial charge in [-0.3, -0.25) is 4.79 Å². The fourth-order valence-corrected chi connectivity index (χ4v) is 1.11. The number of nitrogens with two attached hydrogens (primary N) is 1. The Morgan fingerprint density at radius 3 is 2.00 bits per heavy atom. The smallest absolute Gasteiger partial charge is 0.250 e. The summed E-state index contributed by atoms with van der Waals surface area (Å²) in [5.74, 6) is -3.46. The van der Waals surface area contributed by atoms with E-state index in [1.54, 1.807) is 0 Å². The number of primary amides is 1. The molecule has 1 fully saturated rings. The number of alkyl halides is 2. The van der Waals surface area contributed by atoms with Gasteiger partial charge in [0.2, 0.25) is 11.8 Å². The Morgan fingerprint density at radius 2 is 1.90 bits per heavy atom. The van der Waals surface area contributed by atoms with Crippen LogP contribution in [0.5, 0.6) is 0 Å². The Hall–Kier alpha value is -0.670. The Labute approximate surface area is 57.4 Å². The fraction of sp³-hybridized carbons (Fsp3) is 0.667. The van der Waals surface area contributed by atoms with Crippen LogP contribution in [0.2, 0.25) is 0 Å². The van der Waals surface area contributed by atoms with E-state index in [0.29, 0.717) is 0 Å². The first-order chi connectivity index (χ1) is 4.36. The van der Waals surface area contributed by atoms with E-state index in [2.05, 4.69) is 6.92 Å². The Balaban J connectivity index is 2.58. The lowest BCUT2D eigenvalue weighted by atomic mass is 9.67. The largest absolute Gasteiger partial charge is 0.369 e. The van der Waals surface area contributed by atoms with Crippen molar-refractivity contribution in [2.45, 2.75) is 18.8 Å². The molecule has 0 saturated heterocycles. The van der Waals surface area contributed by atoms with Crippen molar-refractivity contribution in [3.8, 4) is 0 Å². The summed E-state index contributed by atoms with van der Waals surface area (Å²) in [6.45, 7) is 3.32. The number of carbonyl (C=O) groups excluding carboxylic acids is 1.